The Balaban J connectivity index is 1.41. The van der Waals surface area contributed by atoms with Crippen LogP contribution in [0.5, 0.6) is 0 Å². The number of fused-ring (bicyclic) bond motifs is 2. The van der Waals surface area contributed by atoms with Crippen LogP contribution in [0.2, 0.25) is 0 Å². The van der Waals surface area contributed by atoms with Gasteiger partial charge in [0.15, 0.2) is 5.82 Å². The molecule has 176 valence electrons. The molecule has 9 heteroatoms. The predicted octanol–water partition coefficient (Wildman–Crippen LogP) is 5.22. The van der Waals surface area contributed by atoms with Crippen LogP contribution in [-0.2, 0) is 4.79 Å². The highest BCUT2D eigenvalue weighted by molar-refractivity contribution is 5.98. The van der Waals surface area contributed by atoms with E-state index in [4.69, 9.17) is 4.98 Å². The fourth-order valence-corrected chi connectivity index (χ4v) is 4.08. The van der Waals surface area contributed by atoms with Crippen molar-refractivity contribution < 1.29 is 4.79 Å². The van der Waals surface area contributed by atoms with E-state index in [1.54, 1.807) is 31.0 Å². The molecule has 0 aliphatic heterocycles. The zero-order valence-electron chi connectivity index (χ0n) is 19.6. The molecule has 0 spiro atoms. The fraction of sp³-hybridized carbons (Fsp3) is 0.111. The smallest absolute Gasteiger partial charge is 0.226 e. The lowest BCUT2D eigenvalue weighted by Gasteiger charge is -2.09. The minimum absolute atomic E-state index is 0.0500. The number of aromatic amines is 2. The third-order valence-corrected chi connectivity index (χ3v) is 5.99. The summed E-state index contributed by atoms with van der Waals surface area (Å²) in [7, 11) is 0. The molecule has 3 N–H and O–H groups in total. The molecule has 0 unspecified atom stereocenters. The molecule has 0 atom stereocenters. The number of amides is 1. The number of rotatable bonds is 5. The summed E-state index contributed by atoms with van der Waals surface area (Å²) < 4.78 is 0. The maximum atomic E-state index is 12.1. The minimum atomic E-state index is -0.115. The topological polar surface area (TPSA) is 125 Å². The number of nitrogens with one attached hydrogen (secondary N) is 3. The predicted molar refractivity (Wildman–Crippen MR) is 139 cm³/mol. The van der Waals surface area contributed by atoms with Crippen molar-refractivity contribution in [2.75, 3.05) is 5.32 Å². The van der Waals surface area contributed by atoms with Crippen molar-refractivity contribution in [3.05, 3.63) is 73.4 Å². The number of carbonyl (C=O) groups is 1. The monoisotopic (exact) mass is 474 g/mol. The van der Waals surface area contributed by atoms with Gasteiger partial charge in [0, 0.05) is 41.0 Å². The van der Waals surface area contributed by atoms with Crippen LogP contribution in [0, 0.1) is 5.92 Å². The first-order chi connectivity index (χ1) is 17.6. The van der Waals surface area contributed by atoms with Gasteiger partial charge in [-0.05, 0) is 35.9 Å². The van der Waals surface area contributed by atoms with E-state index >= 15 is 0 Å². The average Bonchev–Trinajstić information content (AvgIpc) is 3.53. The van der Waals surface area contributed by atoms with Crippen molar-refractivity contribution >= 4 is 33.5 Å². The lowest BCUT2D eigenvalue weighted by atomic mass is 10.0. The molecule has 1 aromatic carbocycles. The summed E-state index contributed by atoms with van der Waals surface area (Å²) in [4.78, 5) is 33.5. The molecule has 0 saturated carbocycles. The van der Waals surface area contributed by atoms with Gasteiger partial charge < -0.3 is 10.3 Å². The van der Waals surface area contributed by atoms with Gasteiger partial charge in [-0.2, -0.15) is 5.10 Å². The number of hydrogen-bond acceptors (Lipinski definition) is 6. The third-order valence-electron chi connectivity index (χ3n) is 5.99. The van der Waals surface area contributed by atoms with E-state index in [1.807, 2.05) is 56.3 Å². The molecule has 0 saturated heterocycles. The summed E-state index contributed by atoms with van der Waals surface area (Å²) in [5, 5.41) is 11.5. The zero-order chi connectivity index (χ0) is 24.6. The van der Waals surface area contributed by atoms with E-state index in [2.05, 4.69) is 35.5 Å². The number of pyridine rings is 3. The number of imidazole rings is 1. The number of hydrogen-bond donors (Lipinski definition) is 3. The Morgan fingerprint density at radius 2 is 1.83 bits per heavy atom. The second kappa shape index (κ2) is 8.70. The molecule has 1 amide bonds. The fourth-order valence-electron chi connectivity index (χ4n) is 4.08. The van der Waals surface area contributed by atoms with E-state index < -0.39 is 0 Å². The summed E-state index contributed by atoms with van der Waals surface area (Å²) in [5.74, 6) is 0.469. The lowest BCUT2D eigenvalue weighted by Crippen LogP contribution is -2.17. The van der Waals surface area contributed by atoms with Gasteiger partial charge >= 0.3 is 0 Å². The molecule has 0 aliphatic rings. The third kappa shape index (κ3) is 3.86. The largest absolute Gasteiger partial charge is 0.335 e. The molecule has 0 aliphatic carbocycles. The van der Waals surface area contributed by atoms with Crippen molar-refractivity contribution in [1.82, 2.24) is 35.1 Å². The molecular formula is C27H22N8O. The van der Waals surface area contributed by atoms with E-state index in [1.165, 1.54) is 0 Å². The van der Waals surface area contributed by atoms with Crippen LogP contribution in [0.1, 0.15) is 13.8 Å². The number of aromatic nitrogens is 7. The van der Waals surface area contributed by atoms with Crippen molar-refractivity contribution in [1.29, 1.82) is 0 Å². The highest BCUT2D eigenvalue weighted by atomic mass is 16.1. The van der Waals surface area contributed by atoms with E-state index in [0.29, 0.717) is 17.2 Å². The second-order valence-corrected chi connectivity index (χ2v) is 8.82. The van der Waals surface area contributed by atoms with Gasteiger partial charge in [0.05, 0.1) is 34.8 Å². The van der Waals surface area contributed by atoms with Crippen molar-refractivity contribution in [2.24, 2.45) is 5.92 Å². The van der Waals surface area contributed by atoms with Crippen molar-refractivity contribution in [3.8, 4) is 33.9 Å². The molecule has 6 rings (SSSR count). The summed E-state index contributed by atoms with van der Waals surface area (Å²) >= 11 is 0. The van der Waals surface area contributed by atoms with Gasteiger partial charge in [-0.25, -0.2) is 4.98 Å². The summed E-state index contributed by atoms with van der Waals surface area (Å²) in [5.41, 5.74) is 7.32. The molecule has 0 bridgehead atoms. The van der Waals surface area contributed by atoms with Gasteiger partial charge in [-0.15, -0.1) is 0 Å². The molecular weight excluding hydrogens is 452 g/mol. The van der Waals surface area contributed by atoms with Crippen LogP contribution in [0.3, 0.4) is 0 Å². The molecule has 0 radical (unpaired) electrons. The Kier molecular flexibility index (Phi) is 5.22. The van der Waals surface area contributed by atoms with Gasteiger partial charge in [-0.3, -0.25) is 24.8 Å². The number of anilines is 1. The number of carbonyl (C=O) groups excluding carboxylic acids is 1. The Hall–Kier alpha value is -4.92. The van der Waals surface area contributed by atoms with Crippen molar-refractivity contribution in [2.45, 2.75) is 13.8 Å². The van der Waals surface area contributed by atoms with Gasteiger partial charge in [0.2, 0.25) is 5.91 Å². The summed E-state index contributed by atoms with van der Waals surface area (Å²) in [6.45, 7) is 3.71. The van der Waals surface area contributed by atoms with E-state index in [-0.39, 0.29) is 11.8 Å². The first-order valence-electron chi connectivity index (χ1n) is 11.6. The van der Waals surface area contributed by atoms with Gasteiger partial charge in [-0.1, -0.05) is 26.0 Å². The average molecular weight is 475 g/mol. The molecule has 36 heavy (non-hydrogen) atoms. The first-order valence-corrected chi connectivity index (χ1v) is 11.6. The molecule has 5 heterocycles. The lowest BCUT2D eigenvalue weighted by molar-refractivity contribution is -0.118. The first kappa shape index (κ1) is 21.6. The minimum Gasteiger partial charge on any atom is -0.335 e. The maximum absolute atomic E-state index is 12.1. The quantitative estimate of drug-likeness (QED) is 0.315. The summed E-state index contributed by atoms with van der Waals surface area (Å²) in [6.07, 6.45) is 8.70. The van der Waals surface area contributed by atoms with Crippen LogP contribution < -0.4 is 5.32 Å². The van der Waals surface area contributed by atoms with E-state index in [0.717, 1.165) is 44.3 Å². The zero-order valence-corrected chi connectivity index (χ0v) is 19.6. The second-order valence-electron chi connectivity index (χ2n) is 8.82. The van der Waals surface area contributed by atoms with Gasteiger partial charge in [0.25, 0.3) is 0 Å². The van der Waals surface area contributed by atoms with Crippen LogP contribution in [0.25, 0.3) is 55.8 Å². The molecule has 9 nitrogen and oxygen atoms in total. The Morgan fingerprint density at radius 1 is 0.944 bits per heavy atom. The SMILES string of the molecule is CC(C)C(=O)Nc1cncc(-c2ccc3[nH]nc(-c4nc5c(-c6ccccn6)cncc5[nH]4)c3c2)c1. The molecule has 6 aromatic rings. The maximum Gasteiger partial charge on any atom is 0.226 e. The van der Waals surface area contributed by atoms with Crippen LogP contribution in [-0.4, -0.2) is 41.0 Å². The molecule has 0 fully saturated rings. The number of H-pyrrole nitrogens is 2. The normalized spacial score (nSPS) is 11.4. The Labute approximate surface area is 206 Å². The Bertz CT molecular complexity index is 1720. The highest BCUT2D eigenvalue weighted by Crippen LogP contribution is 2.32. The van der Waals surface area contributed by atoms with Crippen molar-refractivity contribution in [3.63, 3.8) is 0 Å². The summed E-state index contributed by atoms with van der Waals surface area (Å²) in [6, 6.07) is 13.7. The number of benzene rings is 1. The number of nitrogens with zero attached hydrogens (tertiary/aromatic N) is 5. The van der Waals surface area contributed by atoms with Crippen LogP contribution in [0.4, 0.5) is 5.69 Å². The van der Waals surface area contributed by atoms with Crippen LogP contribution >= 0.6 is 0 Å². The molecule has 5 aromatic heterocycles. The van der Waals surface area contributed by atoms with Gasteiger partial charge in [0.1, 0.15) is 11.2 Å². The van der Waals surface area contributed by atoms with Crippen LogP contribution in [0.15, 0.2) is 73.4 Å². The highest BCUT2D eigenvalue weighted by Gasteiger charge is 2.17. The standard InChI is InChI=1S/C27H22N8O/c1-15(2)27(36)31-18-9-17(11-28-12-18)16-6-7-22-19(10-16)25(35-34-22)26-32-23-14-29-13-20(24(23)33-26)21-5-3-4-8-30-21/h3-15H,1-2H3,(H,31,36)(H,32,33)(H,34,35). The van der Waals surface area contributed by atoms with E-state index in [9.17, 15) is 4.79 Å². The Morgan fingerprint density at radius 3 is 2.67 bits per heavy atom.